The second-order valence-electron chi connectivity index (χ2n) is 6.58. The summed E-state index contributed by atoms with van der Waals surface area (Å²) in [6.45, 7) is 5.17. The van der Waals surface area contributed by atoms with Gasteiger partial charge < -0.3 is 10.1 Å². The summed E-state index contributed by atoms with van der Waals surface area (Å²) in [5.41, 5.74) is 2.81. The van der Waals surface area contributed by atoms with Crippen molar-refractivity contribution in [2.24, 2.45) is 0 Å². The highest BCUT2D eigenvalue weighted by molar-refractivity contribution is 7.92. The number of anilines is 2. The van der Waals surface area contributed by atoms with E-state index in [0.717, 1.165) is 21.7 Å². The smallest absolute Gasteiger partial charge is 0.337 e. The molecule has 2 rings (SSSR count). The van der Waals surface area contributed by atoms with Crippen LogP contribution >= 0.6 is 0 Å². The van der Waals surface area contributed by atoms with Crippen LogP contribution in [0.15, 0.2) is 42.5 Å². The van der Waals surface area contributed by atoms with Crippen LogP contribution in [-0.4, -0.2) is 39.7 Å². The number of aryl methyl sites for hydroxylation is 2. The van der Waals surface area contributed by atoms with E-state index in [1.807, 2.05) is 6.92 Å². The Morgan fingerprint density at radius 1 is 1.07 bits per heavy atom. The lowest BCUT2D eigenvalue weighted by atomic mass is 10.1. The van der Waals surface area contributed by atoms with Gasteiger partial charge in [-0.3, -0.25) is 9.10 Å². The lowest BCUT2D eigenvalue weighted by Gasteiger charge is -2.28. The van der Waals surface area contributed by atoms with Gasteiger partial charge in [-0.05, 0) is 50.6 Å². The fourth-order valence-electron chi connectivity index (χ4n) is 2.74. The summed E-state index contributed by atoms with van der Waals surface area (Å²) >= 11 is 0. The Kier molecular flexibility index (Phi) is 6.45. The first-order valence-electron chi connectivity index (χ1n) is 8.60. The van der Waals surface area contributed by atoms with E-state index in [1.54, 1.807) is 43.3 Å². The van der Waals surface area contributed by atoms with Crippen LogP contribution in [0.1, 0.15) is 28.4 Å². The van der Waals surface area contributed by atoms with E-state index < -0.39 is 27.9 Å². The van der Waals surface area contributed by atoms with Gasteiger partial charge in [0, 0.05) is 5.69 Å². The first kappa shape index (κ1) is 21.4. The molecular formula is C20H24N2O5S. The fourth-order valence-corrected chi connectivity index (χ4v) is 3.91. The summed E-state index contributed by atoms with van der Waals surface area (Å²) in [7, 11) is -2.43. The van der Waals surface area contributed by atoms with Crippen molar-refractivity contribution in [3.05, 3.63) is 59.2 Å². The zero-order valence-electron chi connectivity index (χ0n) is 16.5. The number of nitrogens with one attached hydrogen (secondary N) is 1. The highest BCUT2D eigenvalue weighted by atomic mass is 32.2. The number of ether oxygens (including phenoxy) is 1. The molecule has 0 aromatic heterocycles. The van der Waals surface area contributed by atoms with Gasteiger partial charge in [0.25, 0.3) is 0 Å². The lowest BCUT2D eigenvalue weighted by Crippen LogP contribution is -2.45. The molecular weight excluding hydrogens is 380 g/mol. The number of rotatable bonds is 6. The molecule has 1 atom stereocenters. The predicted molar refractivity (Wildman–Crippen MR) is 109 cm³/mol. The minimum atomic E-state index is -3.70. The van der Waals surface area contributed by atoms with Crippen molar-refractivity contribution in [2.45, 2.75) is 26.8 Å². The number of carbonyl (C=O) groups excluding carboxylic acids is 2. The second-order valence-corrected chi connectivity index (χ2v) is 8.44. The van der Waals surface area contributed by atoms with Crippen LogP contribution < -0.4 is 9.62 Å². The van der Waals surface area contributed by atoms with E-state index in [-0.39, 0.29) is 5.56 Å². The normalized spacial score (nSPS) is 12.2. The van der Waals surface area contributed by atoms with Crippen molar-refractivity contribution in [1.29, 1.82) is 0 Å². The van der Waals surface area contributed by atoms with E-state index >= 15 is 0 Å². The molecule has 1 amide bonds. The SMILES string of the molecule is COC(=O)c1ccc(C)c(NC(=O)[C@H](C)N(c2ccc(C)cc2)S(C)(=O)=O)c1. The van der Waals surface area contributed by atoms with Crippen molar-refractivity contribution in [3.8, 4) is 0 Å². The summed E-state index contributed by atoms with van der Waals surface area (Å²) in [4.78, 5) is 24.5. The minimum Gasteiger partial charge on any atom is -0.465 e. The molecule has 0 aliphatic carbocycles. The van der Waals surface area contributed by atoms with E-state index in [0.29, 0.717) is 11.4 Å². The average molecular weight is 404 g/mol. The van der Waals surface area contributed by atoms with Crippen LogP contribution in [0.2, 0.25) is 0 Å². The van der Waals surface area contributed by atoms with Crippen LogP contribution in [0.5, 0.6) is 0 Å². The molecule has 0 saturated carbocycles. The van der Waals surface area contributed by atoms with Gasteiger partial charge in [0.1, 0.15) is 6.04 Å². The topological polar surface area (TPSA) is 92.8 Å². The molecule has 0 heterocycles. The highest BCUT2D eigenvalue weighted by Gasteiger charge is 2.29. The maximum atomic E-state index is 12.8. The third-order valence-electron chi connectivity index (χ3n) is 4.29. The van der Waals surface area contributed by atoms with Gasteiger partial charge in [-0.1, -0.05) is 23.8 Å². The number of benzene rings is 2. The number of nitrogens with zero attached hydrogens (tertiary/aromatic N) is 1. The Bertz CT molecular complexity index is 984. The predicted octanol–water partition coefficient (Wildman–Crippen LogP) is 2.88. The number of amides is 1. The van der Waals surface area contributed by atoms with Crippen LogP contribution in [0, 0.1) is 13.8 Å². The summed E-state index contributed by atoms with van der Waals surface area (Å²) in [6.07, 6.45) is 1.06. The van der Waals surface area contributed by atoms with Gasteiger partial charge in [-0.2, -0.15) is 0 Å². The molecule has 0 radical (unpaired) electrons. The Morgan fingerprint density at radius 2 is 1.68 bits per heavy atom. The van der Waals surface area contributed by atoms with Crippen molar-refractivity contribution in [1.82, 2.24) is 0 Å². The number of carbonyl (C=O) groups is 2. The van der Waals surface area contributed by atoms with E-state index in [2.05, 4.69) is 5.32 Å². The molecule has 28 heavy (non-hydrogen) atoms. The minimum absolute atomic E-state index is 0.287. The Hall–Kier alpha value is -2.87. The molecule has 0 aliphatic rings. The fraction of sp³-hybridized carbons (Fsp3) is 0.300. The largest absolute Gasteiger partial charge is 0.465 e. The molecule has 0 bridgehead atoms. The van der Waals surface area contributed by atoms with Crippen LogP contribution in [0.3, 0.4) is 0 Å². The van der Waals surface area contributed by atoms with Crippen LogP contribution in [0.4, 0.5) is 11.4 Å². The molecule has 1 N–H and O–H groups in total. The molecule has 0 spiro atoms. The van der Waals surface area contributed by atoms with Crippen molar-refractivity contribution >= 4 is 33.3 Å². The number of sulfonamides is 1. The summed E-state index contributed by atoms with van der Waals surface area (Å²) in [6, 6.07) is 10.6. The Morgan fingerprint density at radius 3 is 2.21 bits per heavy atom. The van der Waals surface area contributed by atoms with Crippen molar-refractivity contribution in [3.63, 3.8) is 0 Å². The monoisotopic (exact) mass is 404 g/mol. The zero-order valence-corrected chi connectivity index (χ0v) is 17.3. The quantitative estimate of drug-likeness (QED) is 0.748. The van der Waals surface area contributed by atoms with Crippen molar-refractivity contribution in [2.75, 3.05) is 23.0 Å². The third kappa shape index (κ3) is 4.89. The molecule has 0 unspecified atom stereocenters. The molecule has 2 aromatic rings. The molecule has 0 saturated heterocycles. The molecule has 0 fully saturated rings. The van der Waals surface area contributed by atoms with Gasteiger partial charge in [-0.15, -0.1) is 0 Å². The average Bonchev–Trinajstić information content (AvgIpc) is 2.63. The lowest BCUT2D eigenvalue weighted by molar-refractivity contribution is -0.116. The van der Waals surface area contributed by atoms with Gasteiger partial charge in [0.2, 0.25) is 15.9 Å². The van der Waals surface area contributed by atoms with Gasteiger partial charge >= 0.3 is 5.97 Å². The maximum Gasteiger partial charge on any atom is 0.337 e. The van der Waals surface area contributed by atoms with Gasteiger partial charge in [0.05, 0.1) is 24.6 Å². The van der Waals surface area contributed by atoms with Crippen molar-refractivity contribution < 1.29 is 22.7 Å². The molecule has 2 aromatic carbocycles. The number of hydrogen-bond acceptors (Lipinski definition) is 5. The van der Waals surface area contributed by atoms with E-state index in [9.17, 15) is 18.0 Å². The van der Waals surface area contributed by atoms with E-state index in [4.69, 9.17) is 4.74 Å². The van der Waals surface area contributed by atoms with Gasteiger partial charge in [0.15, 0.2) is 0 Å². The third-order valence-corrected chi connectivity index (χ3v) is 5.54. The number of esters is 1. The van der Waals surface area contributed by atoms with E-state index in [1.165, 1.54) is 20.1 Å². The molecule has 8 heteroatoms. The maximum absolute atomic E-state index is 12.8. The first-order chi connectivity index (χ1) is 13.0. The first-order valence-corrected chi connectivity index (χ1v) is 10.5. The zero-order chi connectivity index (χ0) is 21.1. The summed E-state index contributed by atoms with van der Waals surface area (Å²) < 4.78 is 30.5. The summed E-state index contributed by atoms with van der Waals surface area (Å²) in [5, 5.41) is 2.71. The Labute approximate surface area is 165 Å². The molecule has 7 nitrogen and oxygen atoms in total. The van der Waals surface area contributed by atoms with Crippen LogP contribution in [0.25, 0.3) is 0 Å². The second kappa shape index (κ2) is 8.43. The highest BCUT2D eigenvalue weighted by Crippen LogP contribution is 2.23. The molecule has 150 valence electrons. The standard InChI is InChI=1S/C20H24N2O5S/c1-13-6-10-17(11-7-13)22(28(5,25)26)15(3)19(23)21-18-12-16(20(24)27-4)9-8-14(18)2/h6-12,15H,1-5H3,(H,21,23)/t15-/m0/s1. The molecule has 0 aliphatic heterocycles. The van der Waals surface area contributed by atoms with Gasteiger partial charge in [-0.25, -0.2) is 13.2 Å². The summed E-state index contributed by atoms with van der Waals surface area (Å²) in [5.74, 6) is -1.04. The Balaban J connectivity index is 2.34. The number of methoxy groups -OCH3 is 1. The number of hydrogen-bond donors (Lipinski definition) is 1. The van der Waals surface area contributed by atoms with Crippen LogP contribution in [-0.2, 0) is 19.6 Å².